The first kappa shape index (κ1) is 28.3. The van der Waals surface area contributed by atoms with E-state index in [4.69, 9.17) is 5.11 Å². The minimum Gasteiger partial charge on any atom is -0.502 e. The Hall–Kier alpha value is -3.95. The molecule has 3 rings (SSSR count). The van der Waals surface area contributed by atoms with Crippen molar-refractivity contribution in [2.45, 2.75) is 31.7 Å². The zero-order chi connectivity index (χ0) is 27.4. The number of nitro groups is 2. The van der Waals surface area contributed by atoms with Crippen LogP contribution in [-0.2, 0) is 18.9 Å². The lowest BCUT2D eigenvalue weighted by atomic mass is 10.1. The van der Waals surface area contributed by atoms with E-state index in [0.29, 0.717) is 12.1 Å². The molecule has 2 N–H and O–H groups in total. The normalized spacial score (nSPS) is 14.2. The first-order chi connectivity index (χ1) is 16.6. The van der Waals surface area contributed by atoms with E-state index in [0.717, 1.165) is 38.1 Å². The smallest absolute Gasteiger partial charge is 0.420 e. The highest BCUT2D eigenvalue weighted by Crippen LogP contribution is 2.42. The van der Waals surface area contributed by atoms with Gasteiger partial charge in [0.1, 0.15) is 17.4 Å². The van der Waals surface area contributed by atoms with Gasteiger partial charge in [0.25, 0.3) is 0 Å². The molecule has 0 bridgehead atoms. The first-order valence-corrected chi connectivity index (χ1v) is 9.89. The summed E-state index contributed by atoms with van der Waals surface area (Å²) >= 11 is 0. The van der Waals surface area contributed by atoms with Crippen LogP contribution in [0.25, 0.3) is 0 Å². The molecule has 16 heteroatoms. The van der Waals surface area contributed by atoms with Gasteiger partial charge in [0, 0.05) is 24.2 Å². The number of rotatable bonds is 5. The van der Waals surface area contributed by atoms with Crippen LogP contribution in [0.3, 0.4) is 0 Å². The van der Waals surface area contributed by atoms with Gasteiger partial charge < -0.3 is 10.2 Å². The number of phenolic OH excluding ortho intramolecular Hbond substituents is 2. The third-order valence-electron chi connectivity index (χ3n) is 5.01. The van der Waals surface area contributed by atoms with E-state index in [-0.39, 0.29) is 18.4 Å². The molecule has 0 unspecified atom stereocenters. The van der Waals surface area contributed by atoms with Gasteiger partial charge in [-0.3, -0.25) is 29.9 Å². The van der Waals surface area contributed by atoms with Gasteiger partial charge in [0.15, 0.2) is 0 Å². The Labute approximate surface area is 197 Å². The predicted octanol–water partition coefficient (Wildman–Crippen LogP) is 5.05. The summed E-state index contributed by atoms with van der Waals surface area (Å²) in [5.41, 5.74) is -5.38. The predicted molar refractivity (Wildman–Crippen MR) is 109 cm³/mol. The number of benzene rings is 2. The Morgan fingerprint density at radius 3 is 1.69 bits per heavy atom. The molecule has 1 heterocycles. The second-order valence-corrected chi connectivity index (χ2v) is 7.56. The van der Waals surface area contributed by atoms with Crippen LogP contribution in [0.2, 0.25) is 0 Å². The molecule has 1 aliphatic heterocycles. The Kier molecular flexibility index (Phi) is 8.45. The highest BCUT2D eigenvalue weighted by molar-refractivity contribution is 5.78. The van der Waals surface area contributed by atoms with Crippen LogP contribution in [0.4, 0.5) is 37.7 Å². The van der Waals surface area contributed by atoms with Crippen molar-refractivity contribution in [1.29, 1.82) is 0 Å². The number of hydrogen-bond donors (Lipinski definition) is 2. The lowest BCUT2D eigenvalue weighted by Gasteiger charge is -2.16. The fourth-order valence-electron chi connectivity index (χ4n) is 3.39. The standard InChI is InChI=1S/C12H13F3N2O3.C8H4F3NO4/c13-12(14,15)9-5-8(7-16-3-1-2-4-16)6-10(11(9)18)17(19)20;9-8(10,11)5-1-4(3-13)2-6(7(5)14)12(15)16/h5-6,18H,1-4,7H2;1-3,14H. The van der Waals surface area contributed by atoms with Crippen LogP contribution in [-0.4, -0.2) is 44.3 Å². The fraction of sp³-hybridized carbons (Fsp3) is 0.350. The number of nitro benzene ring substituents is 2. The molecule has 196 valence electrons. The van der Waals surface area contributed by atoms with Crippen molar-refractivity contribution in [2.75, 3.05) is 13.1 Å². The molecule has 2 aromatic rings. The van der Waals surface area contributed by atoms with Crippen molar-refractivity contribution in [3.8, 4) is 11.5 Å². The molecule has 0 spiro atoms. The monoisotopic (exact) mass is 525 g/mol. The van der Waals surface area contributed by atoms with Crippen molar-refractivity contribution < 1.29 is 51.2 Å². The van der Waals surface area contributed by atoms with E-state index < -0.39 is 61.8 Å². The van der Waals surface area contributed by atoms with Crippen molar-refractivity contribution in [3.05, 3.63) is 66.7 Å². The van der Waals surface area contributed by atoms with Crippen molar-refractivity contribution >= 4 is 17.7 Å². The zero-order valence-electron chi connectivity index (χ0n) is 18.0. The number of phenols is 2. The average molecular weight is 525 g/mol. The molecule has 1 saturated heterocycles. The first-order valence-electron chi connectivity index (χ1n) is 9.89. The van der Waals surface area contributed by atoms with Crippen LogP contribution in [0.5, 0.6) is 11.5 Å². The van der Waals surface area contributed by atoms with Crippen LogP contribution < -0.4 is 0 Å². The van der Waals surface area contributed by atoms with E-state index in [1.807, 2.05) is 4.90 Å². The number of nitrogens with zero attached hydrogens (tertiary/aromatic N) is 3. The van der Waals surface area contributed by atoms with Gasteiger partial charge in [-0.25, -0.2) is 0 Å². The van der Waals surface area contributed by atoms with Gasteiger partial charge in [0.2, 0.25) is 11.5 Å². The van der Waals surface area contributed by atoms with E-state index in [1.54, 1.807) is 0 Å². The number of halogens is 6. The zero-order valence-corrected chi connectivity index (χ0v) is 18.0. The van der Waals surface area contributed by atoms with Gasteiger partial charge in [-0.2, -0.15) is 26.3 Å². The number of carbonyl (C=O) groups is 1. The Morgan fingerprint density at radius 1 is 0.833 bits per heavy atom. The Balaban J connectivity index is 0.000000261. The number of hydrogen-bond acceptors (Lipinski definition) is 8. The molecule has 1 aliphatic rings. The van der Waals surface area contributed by atoms with Crippen molar-refractivity contribution in [2.24, 2.45) is 0 Å². The van der Waals surface area contributed by atoms with Crippen molar-refractivity contribution in [3.63, 3.8) is 0 Å². The highest BCUT2D eigenvalue weighted by atomic mass is 19.4. The third kappa shape index (κ3) is 6.80. The molecule has 0 atom stereocenters. The average Bonchev–Trinajstić information content (AvgIpc) is 3.26. The summed E-state index contributed by atoms with van der Waals surface area (Å²) in [6, 6.07) is 2.69. The summed E-state index contributed by atoms with van der Waals surface area (Å²) in [5.74, 6) is -2.82. The molecule has 10 nitrogen and oxygen atoms in total. The number of carbonyl (C=O) groups excluding carboxylic acids is 1. The van der Waals surface area contributed by atoms with Gasteiger partial charge in [-0.05, 0) is 43.6 Å². The molecule has 0 aromatic heterocycles. The van der Waals surface area contributed by atoms with Crippen LogP contribution in [0.15, 0.2) is 24.3 Å². The summed E-state index contributed by atoms with van der Waals surface area (Å²) in [6.07, 6.45) is -7.83. The molecule has 2 aromatic carbocycles. The molecular formula is C20H17F6N3O7. The minimum absolute atomic E-state index is 0.0294. The Bertz CT molecular complexity index is 1160. The molecule has 1 fully saturated rings. The number of alkyl halides is 6. The summed E-state index contributed by atoms with van der Waals surface area (Å²) in [6.45, 7) is 1.73. The molecule has 0 aliphatic carbocycles. The maximum atomic E-state index is 12.8. The SMILES string of the molecule is O=Cc1cc([N+](=O)[O-])c(O)c(C(F)(F)F)c1.O=[N+]([O-])c1cc(CN2CCCC2)cc(C(F)(F)F)c1O. The lowest BCUT2D eigenvalue weighted by molar-refractivity contribution is -0.386. The van der Waals surface area contributed by atoms with E-state index in [9.17, 15) is 56.5 Å². The van der Waals surface area contributed by atoms with Gasteiger partial charge in [0.05, 0.1) is 9.85 Å². The molecule has 0 saturated carbocycles. The summed E-state index contributed by atoms with van der Waals surface area (Å²) in [4.78, 5) is 31.1. The maximum Gasteiger partial charge on any atom is 0.420 e. The second-order valence-electron chi connectivity index (χ2n) is 7.56. The van der Waals surface area contributed by atoms with E-state index >= 15 is 0 Å². The van der Waals surface area contributed by atoms with E-state index in [1.165, 1.54) is 0 Å². The molecule has 36 heavy (non-hydrogen) atoms. The third-order valence-corrected chi connectivity index (χ3v) is 5.01. The topological polar surface area (TPSA) is 147 Å². The van der Waals surface area contributed by atoms with Gasteiger partial charge in [-0.15, -0.1) is 0 Å². The fourth-order valence-corrected chi connectivity index (χ4v) is 3.39. The van der Waals surface area contributed by atoms with Gasteiger partial charge >= 0.3 is 23.7 Å². The molecular weight excluding hydrogens is 508 g/mol. The quantitative estimate of drug-likeness (QED) is 0.239. The van der Waals surface area contributed by atoms with Crippen LogP contribution >= 0.6 is 0 Å². The van der Waals surface area contributed by atoms with Gasteiger partial charge in [-0.1, -0.05) is 0 Å². The minimum atomic E-state index is -4.96. The summed E-state index contributed by atoms with van der Waals surface area (Å²) in [5, 5.41) is 39.5. The van der Waals surface area contributed by atoms with Crippen molar-refractivity contribution in [1.82, 2.24) is 4.90 Å². The number of likely N-dealkylation sites (tertiary alicyclic amines) is 1. The highest BCUT2D eigenvalue weighted by Gasteiger charge is 2.39. The summed E-state index contributed by atoms with van der Waals surface area (Å²) < 4.78 is 75.3. The lowest BCUT2D eigenvalue weighted by Crippen LogP contribution is -2.19. The largest absolute Gasteiger partial charge is 0.502 e. The summed E-state index contributed by atoms with van der Waals surface area (Å²) in [7, 11) is 0. The van der Waals surface area contributed by atoms with E-state index in [2.05, 4.69) is 0 Å². The Morgan fingerprint density at radius 2 is 1.28 bits per heavy atom. The second kappa shape index (κ2) is 10.8. The molecule has 0 radical (unpaired) electrons. The number of aldehydes is 1. The molecule has 0 amide bonds. The number of aromatic hydroxyl groups is 2. The van der Waals surface area contributed by atoms with Crippen LogP contribution in [0.1, 0.15) is 39.9 Å². The van der Waals surface area contributed by atoms with Crippen LogP contribution in [0, 0.1) is 20.2 Å². The maximum absolute atomic E-state index is 12.8.